The molecule has 4 heteroatoms. The third-order valence-electron chi connectivity index (χ3n) is 5.04. The first-order chi connectivity index (χ1) is 11.3. The number of nitrogens with zero attached hydrogens (tertiary/aromatic N) is 2. The van der Waals surface area contributed by atoms with Gasteiger partial charge in [-0.3, -0.25) is 9.78 Å². The quantitative estimate of drug-likeness (QED) is 0.850. The summed E-state index contributed by atoms with van der Waals surface area (Å²) >= 11 is 0. The van der Waals surface area contributed by atoms with E-state index in [-0.39, 0.29) is 11.8 Å². The van der Waals surface area contributed by atoms with E-state index in [2.05, 4.69) is 27.4 Å². The second-order valence-corrected chi connectivity index (χ2v) is 6.80. The molecule has 0 aromatic carbocycles. The monoisotopic (exact) mass is 313 g/mol. The summed E-state index contributed by atoms with van der Waals surface area (Å²) in [4.78, 5) is 18.9. The fraction of sp³-hybridized carbons (Fsp3) is 0.579. The number of aromatic nitrogens is 1. The van der Waals surface area contributed by atoms with Gasteiger partial charge in [0.25, 0.3) is 0 Å². The highest BCUT2D eigenvalue weighted by Crippen LogP contribution is 2.23. The molecule has 1 aliphatic heterocycles. The minimum Gasteiger partial charge on any atom is -0.352 e. The van der Waals surface area contributed by atoms with Crippen molar-refractivity contribution < 1.29 is 4.79 Å². The SMILES string of the molecule is O=C(NCc1cccnc1)C1CCN(CC2CC=CCC2)CC1. The fourth-order valence-electron chi connectivity index (χ4n) is 3.60. The summed E-state index contributed by atoms with van der Waals surface area (Å²) in [5.74, 6) is 1.19. The van der Waals surface area contributed by atoms with Gasteiger partial charge in [-0.15, -0.1) is 0 Å². The number of hydrogen-bond acceptors (Lipinski definition) is 3. The van der Waals surface area contributed by atoms with Crippen molar-refractivity contribution in [3.8, 4) is 0 Å². The Kier molecular flexibility index (Phi) is 5.81. The van der Waals surface area contributed by atoms with E-state index in [1.54, 1.807) is 6.20 Å². The third kappa shape index (κ3) is 4.90. The van der Waals surface area contributed by atoms with Crippen molar-refractivity contribution in [3.05, 3.63) is 42.2 Å². The van der Waals surface area contributed by atoms with Crippen LogP contribution in [0.25, 0.3) is 0 Å². The number of piperidine rings is 1. The molecule has 1 amide bonds. The molecule has 1 atom stereocenters. The molecular weight excluding hydrogens is 286 g/mol. The van der Waals surface area contributed by atoms with Gasteiger partial charge in [-0.1, -0.05) is 18.2 Å². The van der Waals surface area contributed by atoms with Gasteiger partial charge < -0.3 is 10.2 Å². The largest absolute Gasteiger partial charge is 0.352 e. The smallest absolute Gasteiger partial charge is 0.223 e. The lowest BCUT2D eigenvalue weighted by molar-refractivity contribution is -0.126. The summed E-state index contributed by atoms with van der Waals surface area (Å²) in [5, 5.41) is 3.06. The summed E-state index contributed by atoms with van der Waals surface area (Å²) in [6.07, 6.45) is 13.9. The minimum absolute atomic E-state index is 0.175. The van der Waals surface area contributed by atoms with Gasteiger partial charge in [0.15, 0.2) is 0 Å². The van der Waals surface area contributed by atoms with Crippen LogP contribution in [0.4, 0.5) is 0 Å². The fourth-order valence-corrected chi connectivity index (χ4v) is 3.60. The Hall–Kier alpha value is -1.68. The first-order valence-electron chi connectivity index (χ1n) is 8.85. The van der Waals surface area contributed by atoms with E-state index in [9.17, 15) is 4.79 Å². The molecule has 1 saturated heterocycles. The average Bonchev–Trinajstić information content (AvgIpc) is 2.62. The molecule has 0 saturated carbocycles. The molecule has 1 aromatic heterocycles. The standard InChI is InChI=1S/C19H27N3O/c23-19(21-14-17-7-4-10-20-13-17)18-8-11-22(12-9-18)15-16-5-2-1-3-6-16/h1-2,4,7,10,13,16,18H,3,5-6,8-9,11-12,14-15H2,(H,21,23). The van der Waals surface area contributed by atoms with Crippen molar-refractivity contribution in [2.45, 2.75) is 38.6 Å². The topological polar surface area (TPSA) is 45.2 Å². The van der Waals surface area contributed by atoms with Crippen LogP contribution in [0, 0.1) is 11.8 Å². The van der Waals surface area contributed by atoms with Gasteiger partial charge >= 0.3 is 0 Å². The van der Waals surface area contributed by atoms with Crippen LogP contribution in [0.2, 0.25) is 0 Å². The number of pyridine rings is 1. The van der Waals surface area contributed by atoms with E-state index in [0.717, 1.165) is 37.4 Å². The summed E-state index contributed by atoms with van der Waals surface area (Å²) < 4.78 is 0. The molecule has 0 bridgehead atoms. The molecule has 3 rings (SSSR count). The first kappa shape index (κ1) is 16.2. The lowest BCUT2D eigenvalue weighted by Gasteiger charge is -2.34. The van der Waals surface area contributed by atoms with Crippen molar-refractivity contribution in [2.75, 3.05) is 19.6 Å². The minimum atomic E-state index is 0.175. The van der Waals surface area contributed by atoms with Crippen molar-refractivity contribution in [1.29, 1.82) is 0 Å². The number of carbonyl (C=O) groups excluding carboxylic acids is 1. The number of rotatable bonds is 5. The first-order valence-corrected chi connectivity index (χ1v) is 8.85. The van der Waals surface area contributed by atoms with Crippen molar-refractivity contribution >= 4 is 5.91 Å². The second kappa shape index (κ2) is 8.25. The molecule has 0 radical (unpaired) electrons. The van der Waals surface area contributed by atoms with Crippen LogP contribution >= 0.6 is 0 Å². The van der Waals surface area contributed by atoms with Crippen LogP contribution in [-0.2, 0) is 11.3 Å². The van der Waals surface area contributed by atoms with Crippen LogP contribution < -0.4 is 5.32 Å². The second-order valence-electron chi connectivity index (χ2n) is 6.80. The van der Waals surface area contributed by atoms with Gasteiger partial charge in [0.05, 0.1) is 0 Å². The van der Waals surface area contributed by atoms with Crippen molar-refractivity contribution in [3.63, 3.8) is 0 Å². The van der Waals surface area contributed by atoms with Crippen LogP contribution in [-0.4, -0.2) is 35.4 Å². The number of amides is 1. The lowest BCUT2D eigenvalue weighted by atomic mass is 9.91. The molecule has 1 aliphatic carbocycles. The number of hydrogen-bond donors (Lipinski definition) is 1. The van der Waals surface area contributed by atoms with Gasteiger partial charge in [-0.25, -0.2) is 0 Å². The van der Waals surface area contributed by atoms with Gasteiger partial charge in [0.2, 0.25) is 5.91 Å². The molecular formula is C19H27N3O. The zero-order valence-electron chi connectivity index (χ0n) is 13.8. The summed E-state index contributed by atoms with van der Waals surface area (Å²) in [6.45, 7) is 3.91. The molecule has 124 valence electrons. The Labute approximate surface area is 139 Å². The Morgan fingerprint density at radius 3 is 2.83 bits per heavy atom. The summed E-state index contributed by atoms with van der Waals surface area (Å²) in [5.41, 5.74) is 1.06. The molecule has 1 N–H and O–H groups in total. The normalized spacial score (nSPS) is 22.9. The zero-order valence-corrected chi connectivity index (χ0v) is 13.8. The van der Waals surface area contributed by atoms with E-state index in [4.69, 9.17) is 0 Å². The molecule has 1 fully saturated rings. The molecule has 4 nitrogen and oxygen atoms in total. The van der Waals surface area contributed by atoms with Crippen LogP contribution in [0.1, 0.15) is 37.7 Å². The molecule has 0 spiro atoms. The molecule has 2 heterocycles. The van der Waals surface area contributed by atoms with E-state index < -0.39 is 0 Å². The maximum atomic E-state index is 12.3. The summed E-state index contributed by atoms with van der Waals surface area (Å²) in [7, 11) is 0. The Morgan fingerprint density at radius 2 is 2.13 bits per heavy atom. The maximum absolute atomic E-state index is 12.3. The Balaban J connectivity index is 1.38. The van der Waals surface area contributed by atoms with E-state index in [0.29, 0.717) is 6.54 Å². The Morgan fingerprint density at radius 1 is 1.26 bits per heavy atom. The van der Waals surface area contributed by atoms with Gasteiger partial charge in [0.1, 0.15) is 0 Å². The maximum Gasteiger partial charge on any atom is 0.223 e. The highest BCUT2D eigenvalue weighted by molar-refractivity contribution is 5.78. The molecule has 1 aromatic rings. The van der Waals surface area contributed by atoms with E-state index in [1.807, 2.05) is 18.3 Å². The molecule has 23 heavy (non-hydrogen) atoms. The number of allylic oxidation sites excluding steroid dienone is 2. The van der Waals surface area contributed by atoms with Crippen LogP contribution in [0.3, 0.4) is 0 Å². The third-order valence-corrected chi connectivity index (χ3v) is 5.04. The predicted molar refractivity (Wildman–Crippen MR) is 91.7 cm³/mol. The highest BCUT2D eigenvalue weighted by atomic mass is 16.1. The van der Waals surface area contributed by atoms with Gasteiger partial charge in [-0.05, 0) is 62.7 Å². The zero-order chi connectivity index (χ0) is 15.9. The van der Waals surface area contributed by atoms with Crippen molar-refractivity contribution in [2.24, 2.45) is 11.8 Å². The predicted octanol–water partition coefficient (Wildman–Crippen LogP) is 2.77. The van der Waals surface area contributed by atoms with Crippen LogP contribution in [0.5, 0.6) is 0 Å². The lowest BCUT2D eigenvalue weighted by Crippen LogP contribution is -2.42. The highest BCUT2D eigenvalue weighted by Gasteiger charge is 2.26. The average molecular weight is 313 g/mol. The molecule has 2 aliphatic rings. The van der Waals surface area contributed by atoms with E-state index >= 15 is 0 Å². The summed E-state index contributed by atoms with van der Waals surface area (Å²) in [6, 6.07) is 3.90. The van der Waals surface area contributed by atoms with E-state index in [1.165, 1.54) is 25.8 Å². The van der Waals surface area contributed by atoms with Crippen molar-refractivity contribution in [1.82, 2.24) is 15.2 Å². The molecule has 1 unspecified atom stereocenters. The van der Waals surface area contributed by atoms with Crippen LogP contribution in [0.15, 0.2) is 36.7 Å². The number of carbonyl (C=O) groups is 1. The number of nitrogens with one attached hydrogen (secondary N) is 1. The number of likely N-dealkylation sites (tertiary alicyclic amines) is 1. The Bertz CT molecular complexity index is 521. The van der Waals surface area contributed by atoms with Gasteiger partial charge in [0, 0.05) is 31.4 Å². The van der Waals surface area contributed by atoms with Gasteiger partial charge in [-0.2, -0.15) is 0 Å².